The van der Waals surface area contributed by atoms with Crippen LogP contribution in [-0.2, 0) is 4.74 Å². The molecule has 0 saturated heterocycles. The Morgan fingerprint density at radius 3 is 2.21 bits per heavy atom. The van der Waals surface area contributed by atoms with Crippen LogP contribution in [0.1, 0.15) is 44.4 Å². The first-order valence-corrected chi connectivity index (χ1v) is 7.97. The summed E-state index contributed by atoms with van der Waals surface area (Å²) in [4.78, 5) is 26.2. The number of nitrogens with zero attached hydrogens (tertiary/aromatic N) is 1. The van der Waals surface area contributed by atoms with Crippen LogP contribution in [0.15, 0.2) is 54.6 Å². The predicted octanol–water partition coefficient (Wildman–Crippen LogP) is 3.46. The number of hydrogen-bond acceptors (Lipinski definition) is 3. The van der Waals surface area contributed by atoms with Crippen molar-refractivity contribution in [3.05, 3.63) is 76.9 Å². The van der Waals surface area contributed by atoms with Crippen molar-refractivity contribution in [1.29, 1.82) is 0 Å². The highest BCUT2D eigenvalue weighted by molar-refractivity contribution is 6.21. The first-order valence-electron chi connectivity index (χ1n) is 7.97. The molecule has 1 aliphatic carbocycles. The van der Waals surface area contributed by atoms with Crippen molar-refractivity contribution >= 4 is 17.4 Å². The van der Waals surface area contributed by atoms with Gasteiger partial charge < -0.3 is 4.74 Å². The van der Waals surface area contributed by atoms with E-state index in [1.54, 1.807) is 31.4 Å². The lowest BCUT2D eigenvalue weighted by Crippen LogP contribution is -2.29. The minimum Gasteiger partial charge on any atom is -0.376 e. The lowest BCUT2D eigenvalue weighted by atomic mass is 10.1. The largest absolute Gasteiger partial charge is 0.376 e. The van der Waals surface area contributed by atoms with Gasteiger partial charge in [0.05, 0.1) is 17.2 Å². The van der Waals surface area contributed by atoms with E-state index in [1.807, 2.05) is 18.2 Å². The Labute approximate surface area is 140 Å². The smallest absolute Gasteiger partial charge is 0.261 e. The highest BCUT2D eigenvalue weighted by Gasteiger charge is 2.34. The summed E-state index contributed by atoms with van der Waals surface area (Å²) in [5, 5.41) is 0. The Bertz CT molecular complexity index is 834. The Morgan fingerprint density at radius 2 is 1.58 bits per heavy atom. The fraction of sp³-hybridized carbons (Fsp3) is 0.200. The molecule has 0 saturated carbocycles. The maximum absolute atomic E-state index is 12.4. The third kappa shape index (κ3) is 2.19. The van der Waals surface area contributed by atoms with Crippen LogP contribution in [0.3, 0.4) is 0 Å². The number of methoxy groups -OCH3 is 1. The number of benzene rings is 2. The third-order valence-electron chi connectivity index (χ3n) is 4.74. The summed E-state index contributed by atoms with van der Waals surface area (Å²) in [5.41, 5.74) is 4.40. The molecule has 0 N–H and O–H groups in total. The summed E-state index contributed by atoms with van der Waals surface area (Å²) in [6.45, 7) is 0.284. The zero-order valence-corrected chi connectivity index (χ0v) is 13.4. The van der Waals surface area contributed by atoms with E-state index in [-0.39, 0.29) is 24.5 Å². The first kappa shape index (κ1) is 14.8. The molecule has 0 bridgehead atoms. The van der Waals surface area contributed by atoms with E-state index in [0.717, 1.165) is 23.1 Å². The second kappa shape index (κ2) is 5.73. The number of carbonyl (C=O) groups is 2. The molecule has 0 aromatic heterocycles. The van der Waals surface area contributed by atoms with E-state index < -0.39 is 0 Å². The number of rotatable bonds is 3. The lowest BCUT2D eigenvalue weighted by Gasteiger charge is -2.11. The molecule has 2 aromatic carbocycles. The normalized spacial score (nSPS) is 20.6. The fourth-order valence-electron chi connectivity index (χ4n) is 3.50. The van der Waals surface area contributed by atoms with Gasteiger partial charge in [0.15, 0.2) is 0 Å². The fourth-order valence-corrected chi connectivity index (χ4v) is 3.50. The summed E-state index contributed by atoms with van der Waals surface area (Å²) in [5.74, 6) is -0.441. The molecule has 1 unspecified atom stereocenters. The van der Waals surface area contributed by atoms with Gasteiger partial charge in [0.1, 0.15) is 0 Å². The zero-order valence-electron chi connectivity index (χ0n) is 13.4. The molecule has 4 nitrogen and oxygen atoms in total. The van der Waals surface area contributed by atoms with Gasteiger partial charge >= 0.3 is 0 Å². The van der Waals surface area contributed by atoms with Gasteiger partial charge in [-0.3, -0.25) is 14.5 Å². The standard InChI is InChI=1S/C20H17NO3/c1-24-18-12-13(14-6-2-3-7-15(14)18)10-11-21-19(22)16-8-4-5-9-17(16)20(21)23/h2-10,18H,11-12H2,1H3/b13-10+. The lowest BCUT2D eigenvalue weighted by molar-refractivity contribution is 0.0672. The van der Waals surface area contributed by atoms with Crippen LogP contribution in [0.5, 0.6) is 0 Å². The van der Waals surface area contributed by atoms with Crippen LogP contribution in [0, 0.1) is 0 Å². The van der Waals surface area contributed by atoms with Gasteiger partial charge in [0, 0.05) is 20.1 Å². The Hall–Kier alpha value is -2.72. The van der Waals surface area contributed by atoms with Crippen LogP contribution in [0.4, 0.5) is 0 Å². The quantitative estimate of drug-likeness (QED) is 0.814. The molecule has 0 radical (unpaired) electrons. The molecule has 1 heterocycles. The molecule has 0 spiro atoms. The van der Waals surface area contributed by atoms with Crippen molar-refractivity contribution in [2.24, 2.45) is 0 Å². The van der Waals surface area contributed by atoms with Crippen molar-refractivity contribution in [2.45, 2.75) is 12.5 Å². The van der Waals surface area contributed by atoms with Crippen LogP contribution in [-0.4, -0.2) is 30.4 Å². The summed E-state index contributed by atoms with van der Waals surface area (Å²) < 4.78 is 5.54. The minimum absolute atomic E-state index is 0.0367. The number of carbonyl (C=O) groups excluding carboxylic acids is 2. The molecule has 0 fully saturated rings. The van der Waals surface area contributed by atoms with Crippen molar-refractivity contribution in [3.8, 4) is 0 Å². The summed E-state index contributed by atoms with van der Waals surface area (Å²) in [7, 11) is 1.70. The molecule has 120 valence electrons. The van der Waals surface area contributed by atoms with Crippen molar-refractivity contribution < 1.29 is 14.3 Å². The van der Waals surface area contributed by atoms with Crippen LogP contribution in [0.25, 0.3) is 5.57 Å². The summed E-state index contributed by atoms with van der Waals surface area (Å²) in [6.07, 6.45) is 2.77. The molecular weight excluding hydrogens is 302 g/mol. The molecule has 4 rings (SSSR count). The SMILES string of the molecule is COC1C/C(=C\CN2C(=O)c3ccccc3C2=O)c2ccccc21. The Morgan fingerprint density at radius 1 is 1.00 bits per heavy atom. The van der Waals surface area contributed by atoms with Gasteiger partial charge in [-0.2, -0.15) is 0 Å². The van der Waals surface area contributed by atoms with E-state index in [9.17, 15) is 9.59 Å². The van der Waals surface area contributed by atoms with Crippen molar-refractivity contribution in [1.82, 2.24) is 4.90 Å². The molecular formula is C20H17NO3. The molecule has 1 aliphatic heterocycles. The van der Waals surface area contributed by atoms with Gasteiger partial charge in [-0.05, 0) is 28.8 Å². The van der Waals surface area contributed by atoms with Crippen LogP contribution < -0.4 is 0 Å². The summed E-state index contributed by atoms with van der Waals surface area (Å²) in [6, 6.07) is 15.1. The molecule has 2 aromatic rings. The van der Waals surface area contributed by atoms with Crippen LogP contribution in [0.2, 0.25) is 0 Å². The Kier molecular flexibility index (Phi) is 3.54. The highest BCUT2D eigenvalue weighted by atomic mass is 16.5. The molecule has 24 heavy (non-hydrogen) atoms. The maximum atomic E-state index is 12.4. The second-order valence-electron chi connectivity index (χ2n) is 6.01. The highest BCUT2D eigenvalue weighted by Crippen LogP contribution is 2.41. The minimum atomic E-state index is -0.220. The van der Waals surface area contributed by atoms with E-state index in [4.69, 9.17) is 4.74 Å². The molecule has 2 amide bonds. The van der Waals surface area contributed by atoms with Crippen molar-refractivity contribution in [3.63, 3.8) is 0 Å². The number of fused-ring (bicyclic) bond motifs is 2. The van der Waals surface area contributed by atoms with Gasteiger partial charge in [-0.1, -0.05) is 42.5 Å². The van der Waals surface area contributed by atoms with Gasteiger partial charge in [-0.15, -0.1) is 0 Å². The van der Waals surface area contributed by atoms with E-state index in [1.165, 1.54) is 4.90 Å². The summed E-state index contributed by atoms with van der Waals surface area (Å²) >= 11 is 0. The third-order valence-corrected chi connectivity index (χ3v) is 4.74. The molecule has 1 atom stereocenters. The first-order chi connectivity index (χ1) is 11.7. The zero-order chi connectivity index (χ0) is 16.7. The van der Waals surface area contributed by atoms with Gasteiger partial charge in [0.2, 0.25) is 0 Å². The van der Waals surface area contributed by atoms with E-state index in [0.29, 0.717) is 11.1 Å². The van der Waals surface area contributed by atoms with Crippen LogP contribution >= 0.6 is 0 Å². The number of ether oxygens (including phenoxy) is 1. The number of hydrogen-bond donors (Lipinski definition) is 0. The maximum Gasteiger partial charge on any atom is 0.261 e. The average molecular weight is 319 g/mol. The van der Waals surface area contributed by atoms with Gasteiger partial charge in [-0.25, -0.2) is 0 Å². The van der Waals surface area contributed by atoms with E-state index >= 15 is 0 Å². The monoisotopic (exact) mass is 319 g/mol. The van der Waals surface area contributed by atoms with Crippen molar-refractivity contribution in [2.75, 3.05) is 13.7 Å². The molecule has 2 aliphatic rings. The second-order valence-corrected chi connectivity index (χ2v) is 6.01. The Balaban J connectivity index is 1.61. The topological polar surface area (TPSA) is 46.6 Å². The van der Waals surface area contributed by atoms with Gasteiger partial charge in [0.25, 0.3) is 11.8 Å². The molecule has 4 heteroatoms. The number of imide groups is 1. The average Bonchev–Trinajstić information content (AvgIpc) is 3.10. The predicted molar refractivity (Wildman–Crippen MR) is 90.6 cm³/mol. The van der Waals surface area contributed by atoms with E-state index in [2.05, 4.69) is 12.1 Å². The number of amides is 2.